The molecule has 24 heavy (non-hydrogen) atoms. The van der Waals surface area contributed by atoms with Crippen LogP contribution >= 0.6 is 0 Å². The third-order valence-corrected chi connectivity index (χ3v) is 4.65. The number of nitrogens with zero attached hydrogens (tertiary/aromatic N) is 2. The fraction of sp³-hybridized carbons (Fsp3) is 0.444. The second kappa shape index (κ2) is 6.95. The van der Waals surface area contributed by atoms with Gasteiger partial charge in [0, 0.05) is 24.4 Å². The third-order valence-electron chi connectivity index (χ3n) is 4.65. The number of hydrogen-bond donors (Lipinski definition) is 1. The van der Waals surface area contributed by atoms with E-state index in [0.717, 1.165) is 24.4 Å². The lowest BCUT2D eigenvalue weighted by Crippen LogP contribution is -2.13. The standard InChI is InChI=1S/C18H23N3O3/c1-23-16-11-15(14(19)10-13(16)18(22)24-2)21-9-8-20-17(21)12-6-4-3-5-7-12/h8-12H,3-7,19H2,1-2H3. The molecule has 6 nitrogen and oxygen atoms in total. The van der Waals surface area contributed by atoms with Gasteiger partial charge in [-0.3, -0.25) is 0 Å². The van der Waals surface area contributed by atoms with Gasteiger partial charge in [-0.15, -0.1) is 0 Å². The number of aromatic nitrogens is 2. The van der Waals surface area contributed by atoms with Crippen LogP contribution in [0.3, 0.4) is 0 Å². The van der Waals surface area contributed by atoms with Gasteiger partial charge in [0.25, 0.3) is 0 Å². The van der Waals surface area contributed by atoms with E-state index in [0.29, 0.717) is 22.9 Å². The number of benzene rings is 1. The molecule has 0 bridgehead atoms. The average molecular weight is 329 g/mol. The summed E-state index contributed by atoms with van der Waals surface area (Å²) in [4.78, 5) is 16.4. The summed E-state index contributed by atoms with van der Waals surface area (Å²) >= 11 is 0. The van der Waals surface area contributed by atoms with Gasteiger partial charge in [0.15, 0.2) is 0 Å². The van der Waals surface area contributed by atoms with Crippen molar-refractivity contribution in [3.05, 3.63) is 35.9 Å². The lowest BCUT2D eigenvalue weighted by Gasteiger charge is -2.23. The minimum Gasteiger partial charge on any atom is -0.496 e. The number of nitrogen functional groups attached to an aromatic ring is 1. The third kappa shape index (κ3) is 2.96. The monoisotopic (exact) mass is 329 g/mol. The first-order valence-corrected chi connectivity index (χ1v) is 8.25. The number of methoxy groups -OCH3 is 2. The van der Waals surface area contributed by atoms with Crippen molar-refractivity contribution in [1.82, 2.24) is 9.55 Å². The Morgan fingerprint density at radius 1 is 1.25 bits per heavy atom. The normalized spacial score (nSPS) is 15.2. The molecule has 1 fully saturated rings. The van der Waals surface area contributed by atoms with Gasteiger partial charge in [0.1, 0.15) is 17.1 Å². The molecule has 1 aromatic carbocycles. The Bertz CT molecular complexity index is 733. The van der Waals surface area contributed by atoms with Gasteiger partial charge in [-0.25, -0.2) is 9.78 Å². The topological polar surface area (TPSA) is 79.4 Å². The van der Waals surface area contributed by atoms with Crippen molar-refractivity contribution in [1.29, 1.82) is 0 Å². The quantitative estimate of drug-likeness (QED) is 0.688. The van der Waals surface area contributed by atoms with E-state index in [1.165, 1.54) is 33.5 Å². The van der Waals surface area contributed by atoms with Crippen LogP contribution in [0.15, 0.2) is 24.5 Å². The van der Waals surface area contributed by atoms with Gasteiger partial charge in [-0.1, -0.05) is 19.3 Å². The summed E-state index contributed by atoms with van der Waals surface area (Å²) in [7, 11) is 2.86. The first-order chi connectivity index (χ1) is 11.7. The van der Waals surface area contributed by atoms with Crippen LogP contribution in [0.4, 0.5) is 5.69 Å². The van der Waals surface area contributed by atoms with E-state index in [9.17, 15) is 4.79 Å². The number of esters is 1. The molecule has 0 amide bonds. The zero-order valence-electron chi connectivity index (χ0n) is 14.1. The maximum absolute atomic E-state index is 11.9. The SMILES string of the molecule is COC(=O)c1cc(N)c(-n2ccnc2C2CCCCC2)cc1OC. The molecule has 0 unspecified atom stereocenters. The summed E-state index contributed by atoms with van der Waals surface area (Å²) in [6.07, 6.45) is 9.76. The van der Waals surface area contributed by atoms with Crippen molar-refractivity contribution in [3.63, 3.8) is 0 Å². The van der Waals surface area contributed by atoms with Crippen LogP contribution < -0.4 is 10.5 Å². The molecule has 0 saturated heterocycles. The van der Waals surface area contributed by atoms with Crippen LogP contribution in [0.2, 0.25) is 0 Å². The predicted octanol–water partition coefficient (Wildman–Crippen LogP) is 3.30. The minimum absolute atomic E-state index is 0.320. The van der Waals surface area contributed by atoms with Crippen molar-refractivity contribution in [2.75, 3.05) is 20.0 Å². The number of rotatable bonds is 4. The van der Waals surface area contributed by atoms with Crippen molar-refractivity contribution in [2.45, 2.75) is 38.0 Å². The molecule has 6 heteroatoms. The fourth-order valence-electron chi connectivity index (χ4n) is 3.41. The number of ether oxygens (including phenoxy) is 2. The highest BCUT2D eigenvalue weighted by atomic mass is 16.5. The molecule has 1 aliphatic carbocycles. The molecule has 3 rings (SSSR count). The Hall–Kier alpha value is -2.50. The van der Waals surface area contributed by atoms with E-state index < -0.39 is 5.97 Å². The molecule has 0 radical (unpaired) electrons. The summed E-state index contributed by atoms with van der Waals surface area (Å²) in [6, 6.07) is 3.38. The second-order valence-electron chi connectivity index (χ2n) is 6.09. The molecular formula is C18H23N3O3. The number of hydrogen-bond acceptors (Lipinski definition) is 5. The maximum Gasteiger partial charge on any atom is 0.341 e. The van der Waals surface area contributed by atoms with Crippen molar-refractivity contribution in [3.8, 4) is 11.4 Å². The maximum atomic E-state index is 11.9. The Labute approximate surface area is 141 Å². The zero-order chi connectivity index (χ0) is 17.1. The first kappa shape index (κ1) is 16.4. The predicted molar refractivity (Wildman–Crippen MR) is 91.7 cm³/mol. The van der Waals surface area contributed by atoms with Gasteiger partial charge in [0.05, 0.1) is 25.6 Å². The molecule has 1 aromatic heterocycles. The summed E-state index contributed by atoms with van der Waals surface area (Å²) in [5, 5.41) is 0. The van der Waals surface area contributed by atoms with E-state index in [-0.39, 0.29) is 0 Å². The molecule has 0 spiro atoms. The number of imidazole rings is 1. The van der Waals surface area contributed by atoms with Crippen LogP contribution in [0.25, 0.3) is 5.69 Å². The lowest BCUT2D eigenvalue weighted by atomic mass is 9.88. The highest BCUT2D eigenvalue weighted by molar-refractivity contribution is 5.94. The molecule has 1 heterocycles. The summed E-state index contributed by atoms with van der Waals surface area (Å²) in [5.74, 6) is 1.44. The lowest BCUT2D eigenvalue weighted by molar-refractivity contribution is 0.0597. The molecule has 0 aliphatic heterocycles. The van der Waals surface area contributed by atoms with Gasteiger partial charge in [-0.2, -0.15) is 0 Å². The Morgan fingerprint density at radius 2 is 2.00 bits per heavy atom. The Balaban J connectivity index is 2.04. The number of anilines is 1. The highest BCUT2D eigenvalue weighted by Crippen LogP contribution is 2.35. The molecule has 0 atom stereocenters. The van der Waals surface area contributed by atoms with E-state index in [1.54, 1.807) is 18.3 Å². The van der Waals surface area contributed by atoms with Crippen LogP contribution in [0, 0.1) is 0 Å². The Morgan fingerprint density at radius 3 is 2.67 bits per heavy atom. The van der Waals surface area contributed by atoms with E-state index >= 15 is 0 Å². The molecular weight excluding hydrogens is 306 g/mol. The van der Waals surface area contributed by atoms with E-state index in [4.69, 9.17) is 15.2 Å². The fourth-order valence-corrected chi connectivity index (χ4v) is 3.41. The van der Waals surface area contributed by atoms with Crippen LogP contribution in [0.1, 0.15) is 54.2 Å². The van der Waals surface area contributed by atoms with Gasteiger partial charge in [0.2, 0.25) is 0 Å². The van der Waals surface area contributed by atoms with Crippen LogP contribution in [-0.4, -0.2) is 29.7 Å². The first-order valence-electron chi connectivity index (χ1n) is 8.25. The van der Waals surface area contributed by atoms with Crippen molar-refractivity contribution < 1.29 is 14.3 Å². The molecule has 2 aromatic rings. The number of carbonyl (C=O) groups excluding carboxylic acids is 1. The molecule has 1 saturated carbocycles. The zero-order valence-corrected chi connectivity index (χ0v) is 14.1. The molecule has 2 N–H and O–H groups in total. The second-order valence-corrected chi connectivity index (χ2v) is 6.09. The van der Waals surface area contributed by atoms with Crippen LogP contribution in [-0.2, 0) is 4.74 Å². The van der Waals surface area contributed by atoms with E-state index in [1.807, 2.05) is 10.8 Å². The molecule has 128 valence electrons. The Kier molecular flexibility index (Phi) is 4.74. The van der Waals surface area contributed by atoms with E-state index in [2.05, 4.69) is 4.98 Å². The number of carbonyl (C=O) groups is 1. The van der Waals surface area contributed by atoms with Crippen molar-refractivity contribution in [2.24, 2.45) is 0 Å². The smallest absolute Gasteiger partial charge is 0.341 e. The van der Waals surface area contributed by atoms with Crippen molar-refractivity contribution >= 4 is 11.7 Å². The largest absolute Gasteiger partial charge is 0.496 e. The summed E-state index contributed by atoms with van der Waals surface area (Å²) in [5.41, 5.74) is 7.80. The van der Waals surface area contributed by atoms with Gasteiger partial charge < -0.3 is 19.8 Å². The summed E-state index contributed by atoms with van der Waals surface area (Å²) < 4.78 is 12.2. The summed E-state index contributed by atoms with van der Waals surface area (Å²) in [6.45, 7) is 0. The highest BCUT2D eigenvalue weighted by Gasteiger charge is 2.23. The molecule has 1 aliphatic rings. The van der Waals surface area contributed by atoms with Gasteiger partial charge in [-0.05, 0) is 18.9 Å². The number of nitrogens with two attached hydrogens (primary N) is 1. The van der Waals surface area contributed by atoms with Crippen LogP contribution in [0.5, 0.6) is 5.75 Å². The minimum atomic E-state index is -0.469. The average Bonchev–Trinajstić information content (AvgIpc) is 3.11. The van der Waals surface area contributed by atoms with Gasteiger partial charge >= 0.3 is 5.97 Å².